The molecular weight excluding hydrogens is 494 g/mol. The van der Waals surface area contributed by atoms with Gasteiger partial charge in [0.05, 0.1) is 18.8 Å². The number of nitrogens with zero attached hydrogens (tertiary/aromatic N) is 6. The Morgan fingerprint density at radius 1 is 1.21 bits per heavy atom. The first kappa shape index (κ1) is 26.8. The maximum atomic E-state index is 6.47. The molecule has 0 saturated carbocycles. The van der Waals surface area contributed by atoms with Crippen LogP contribution in [0.5, 0.6) is 0 Å². The van der Waals surface area contributed by atoms with Gasteiger partial charge in [0.1, 0.15) is 12.0 Å². The van der Waals surface area contributed by atoms with Crippen molar-refractivity contribution in [2.45, 2.75) is 52.0 Å². The zero-order chi connectivity index (χ0) is 26.3. The van der Waals surface area contributed by atoms with E-state index in [-0.39, 0.29) is 0 Å². The number of fused-ring (bicyclic) bond motifs is 2. The van der Waals surface area contributed by atoms with Crippen LogP contribution in [0.2, 0.25) is 0 Å². The minimum atomic E-state index is 0.547. The first-order valence-electron chi connectivity index (χ1n) is 13.7. The van der Waals surface area contributed by atoms with Gasteiger partial charge in [-0.25, -0.2) is 15.0 Å². The van der Waals surface area contributed by atoms with Crippen molar-refractivity contribution in [2.24, 2.45) is 15.9 Å². The average Bonchev–Trinajstić information content (AvgIpc) is 3.12. The lowest BCUT2D eigenvalue weighted by Crippen LogP contribution is -2.22. The van der Waals surface area contributed by atoms with E-state index in [1.165, 1.54) is 29.5 Å². The molecule has 5 rings (SSSR count). The molecule has 1 aromatic heterocycles. The number of ether oxygens (including phenoxy) is 1. The van der Waals surface area contributed by atoms with E-state index < -0.39 is 0 Å². The lowest BCUT2D eigenvalue weighted by atomic mass is 9.95. The molecule has 2 aromatic rings. The summed E-state index contributed by atoms with van der Waals surface area (Å²) in [5, 5.41) is 3.27. The molecule has 0 radical (unpaired) electrons. The molecule has 4 heterocycles. The van der Waals surface area contributed by atoms with Crippen molar-refractivity contribution in [3.63, 3.8) is 0 Å². The first-order valence-corrected chi connectivity index (χ1v) is 14.1. The van der Waals surface area contributed by atoms with E-state index in [4.69, 9.17) is 9.73 Å². The third-order valence-electron chi connectivity index (χ3n) is 7.62. The van der Waals surface area contributed by atoms with Gasteiger partial charge in [-0.2, -0.15) is 0 Å². The second-order valence-corrected chi connectivity index (χ2v) is 11.1. The van der Waals surface area contributed by atoms with E-state index >= 15 is 0 Å². The summed E-state index contributed by atoms with van der Waals surface area (Å²) in [4.78, 5) is 20.7. The molecule has 1 unspecified atom stereocenters. The van der Waals surface area contributed by atoms with Gasteiger partial charge in [0.15, 0.2) is 11.7 Å². The Hall–Kier alpha value is -2.75. The van der Waals surface area contributed by atoms with Gasteiger partial charge < -0.3 is 15.0 Å². The second kappa shape index (κ2) is 12.9. The Morgan fingerprint density at radius 2 is 2.13 bits per heavy atom. The molecule has 1 saturated heterocycles. The minimum Gasteiger partial charge on any atom is -0.480 e. The number of aryl methyl sites for hydroxylation is 1. The van der Waals surface area contributed by atoms with Crippen molar-refractivity contribution >= 4 is 36.4 Å². The van der Waals surface area contributed by atoms with Crippen molar-refractivity contribution < 1.29 is 4.74 Å². The molecule has 0 aliphatic carbocycles. The van der Waals surface area contributed by atoms with Crippen molar-refractivity contribution in [2.75, 3.05) is 45.2 Å². The molecule has 1 aromatic carbocycles. The van der Waals surface area contributed by atoms with Gasteiger partial charge in [0.2, 0.25) is 0 Å². The van der Waals surface area contributed by atoms with Crippen LogP contribution in [-0.2, 0) is 24.1 Å². The zero-order valence-electron chi connectivity index (χ0n) is 22.6. The van der Waals surface area contributed by atoms with Crippen molar-refractivity contribution in [1.82, 2.24) is 19.2 Å². The van der Waals surface area contributed by atoms with Crippen LogP contribution < -0.4 is 5.32 Å². The van der Waals surface area contributed by atoms with Gasteiger partial charge in [0.25, 0.3) is 0 Å². The van der Waals surface area contributed by atoms with E-state index in [9.17, 15) is 0 Å². The van der Waals surface area contributed by atoms with Crippen LogP contribution >= 0.6 is 12.8 Å². The van der Waals surface area contributed by atoms with Crippen LogP contribution in [0.3, 0.4) is 0 Å². The highest BCUT2D eigenvalue weighted by molar-refractivity contribution is 7.77. The van der Waals surface area contributed by atoms with Crippen molar-refractivity contribution in [3.8, 4) is 0 Å². The predicted molar refractivity (Wildman–Crippen MR) is 158 cm³/mol. The highest BCUT2D eigenvalue weighted by atomic mass is 32.1. The average molecular weight is 534 g/mol. The number of hydrogen-bond donors (Lipinski definition) is 2. The molecule has 1 atom stereocenters. The van der Waals surface area contributed by atoms with Crippen LogP contribution in [0.25, 0.3) is 0 Å². The molecule has 3 aliphatic rings. The molecule has 3 aliphatic heterocycles. The molecule has 1 N–H and O–H groups in total. The Morgan fingerprint density at radius 3 is 3.05 bits per heavy atom. The van der Waals surface area contributed by atoms with Crippen molar-refractivity contribution in [3.05, 3.63) is 58.7 Å². The SMILES string of the molecule is Cc1cccc2c1CC(OCC1CCCN(S)CC1)=N/C(CCN(C)Cc1ncnc3c1N=CCN3)=C\C2. The van der Waals surface area contributed by atoms with E-state index in [0.717, 1.165) is 80.7 Å². The topological polar surface area (TPSA) is 78.2 Å². The first-order chi connectivity index (χ1) is 18.5. The Balaban J connectivity index is 1.27. The van der Waals surface area contributed by atoms with E-state index in [2.05, 4.69) is 80.5 Å². The van der Waals surface area contributed by atoms with Crippen LogP contribution in [0.1, 0.15) is 48.1 Å². The number of rotatable bonds is 7. The quantitative estimate of drug-likeness (QED) is 0.499. The number of aromatic nitrogens is 2. The number of hydrogen-bond acceptors (Lipinski definition) is 9. The van der Waals surface area contributed by atoms with Gasteiger partial charge in [0, 0.05) is 50.9 Å². The van der Waals surface area contributed by atoms with E-state index in [0.29, 0.717) is 19.0 Å². The monoisotopic (exact) mass is 533 g/mol. The van der Waals surface area contributed by atoms with Gasteiger partial charge in [-0.15, -0.1) is 0 Å². The second-order valence-electron chi connectivity index (χ2n) is 10.6. The predicted octanol–water partition coefficient (Wildman–Crippen LogP) is 4.78. The molecular formula is C29H39N7OS. The third-order valence-corrected chi connectivity index (χ3v) is 8.02. The number of allylic oxidation sites excluding steroid dienone is 1. The van der Waals surface area contributed by atoms with Gasteiger partial charge in [-0.05, 0) is 62.3 Å². The summed E-state index contributed by atoms with van der Waals surface area (Å²) in [6.45, 7) is 7.24. The fraction of sp³-hybridized carbons (Fsp3) is 0.517. The molecule has 0 amide bonds. The van der Waals surface area contributed by atoms with Crippen LogP contribution in [0.4, 0.5) is 11.5 Å². The van der Waals surface area contributed by atoms with Gasteiger partial charge in [-0.3, -0.25) is 9.30 Å². The summed E-state index contributed by atoms with van der Waals surface area (Å²) < 4.78 is 8.60. The van der Waals surface area contributed by atoms with Crippen molar-refractivity contribution in [1.29, 1.82) is 0 Å². The number of thiol groups is 1. The number of benzene rings is 1. The number of aliphatic imine (C=N–C) groups is 2. The van der Waals surface area contributed by atoms with E-state index in [1.807, 2.05) is 6.21 Å². The molecule has 38 heavy (non-hydrogen) atoms. The molecule has 9 heteroatoms. The van der Waals surface area contributed by atoms with Crippen LogP contribution in [0.15, 0.2) is 46.3 Å². The highest BCUT2D eigenvalue weighted by Gasteiger charge is 2.20. The Labute approximate surface area is 231 Å². The molecule has 0 spiro atoms. The summed E-state index contributed by atoms with van der Waals surface area (Å²) in [7, 11) is 2.12. The zero-order valence-corrected chi connectivity index (χ0v) is 23.5. The van der Waals surface area contributed by atoms with E-state index in [1.54, 1.807) is 6.33 Å². The normalized spacial score (nSPS) is 21.2. The highest BCUT2D eigenvalue weighted by Crippen LogP contribution is 2.28. The maximum absolute atomic E-state index is 6.47. The standard InChI is InChI=1S/C29H39N7OS/c1-21-5-3-7-23-8-9-24(11-15-35(2)18-26-28-29(33-20-32-26)31-13-12-30-28)34-27(17-25(21)23)37-19-22-6-4-14-36(38)16-10-22/h3,5,7,9,12,20,22,38H,4,6,8,10-11,13-19H2,1-2H3,(H,31,32,33)/b24-9-,34-27?. The summed E-state index contributed by atoms with van der Waals surface area (Å²) >= 11 is 4.56. The third kappa shape index (κ3) is 7.01. The summed E-state index contributed by atoms with van der Waals surface area (Å²) in [5.41, 5.74) is 6.89. The van der Waals surface area contributed by atoms with Crippen LogP contribution in [-0.4, -0.2) is 71.1 Å². The minimum absolute atomic E-state index is 0.547. The smallest absolute Gasteiger partial charge is 0.192 e. The van der Waals surface area contributed by atoms with Gasteiger partial charge in [-0.1, -0.05) is 37.1 Å². The lowest BCUT2D eigenvalue weighted by Gasteiger charge is -2.22. The molecule has 0 bridgehead atoms. The Kier molecular flexibility index (Phi) is 9.09. The number of nitrogens with one attached hydrogen (secondary N) is 1. The fourth-order valence-corrected chi connectivity index (χ4v) is 5.58. The molecule has 202 valence electrons. The molecule has 8 nitrogen and oxygen atoms in total. The summed E-state index contributed by atoms with van der Waals surface area (Å²) in [6, 6.07) is 6.59. The fourth-order valence-electron chi connectivity index (χ4n) is 5.32. The molecule has 1 fully saturated rings. The lowest BCUT2D eigenvalue weighted by molar-refractivity contribution is 0.219. The number of anilines is 1. The summed E-state index contributed by atoms with van der Waals surface area (Å²) in [5.74, 6) is 2.20. The Bertz CT molecular complexity index is 1210. The maximum Gasteiger partial charge on any atom is 0.192 e. The van der Waals surface area contributed by atoms with Crippen LogP contribution in [0, 0.1) is 12.8 Å². The summed E-state index contributed by atoms with van der Waals surface area (Å²) in [6.07, 6.45) is 11.7. The largest absolute Gasteiger partial charge is 0.480 e. The van der Waals surface area contributed by atoms with Gasteiger partial charge >= 0.3 is 0 Å².